The minimum Gasteiger partial charge on any atom is -0.497 e. The van der Waals surface area contributed by atoms with E-state index in [0.29, 0.717) is 11.3 Å². The molecule has 0 radical (unpaired) electrons. The van der Waals surface area contributed by atoms with Crippen molar-refractivity contribution in [1.82, 2.24) is 0 Å². The molecule has 0 unspecified atom stereocenters. The van der Waals surface area contributed by atoms with Crippen LogP contribution < -0.4 is 10.5 Å². The first-order chi connectivity index (χ1) is 11.3. The van der Waals surface area contributed by atoms with Gasteiger partial charge in [0.25, 0.3) is 0 Å². The van der Waals surface area contributed by atoms with Gasteiger partial charge in [-0.15, -0.1) is 0 Å². The zero-order valence-electron chi connectivity index (χ0n) is 12.9. The van der Waals surface area contributed by atoms with Crippen LogP contribution in [0.4, 0.5) is 0 Å². The van der Waals surface area contributed by atoms with Crippen molar-refractivity contribution in [3.63, 3.8) is 0 Å². The van der Waals surface area contributed by atoms with Crippen LogP contribution in [0.15, 0.2) is 59.5 Å². The molecule has 0 bridgehead atoms. The molecule has 24 heavy (non-hydrogen) atoms. The molecule has 0 heterocycles. The average molecular weight is 347 g/mol. The Morgan fingerprint density at radius 2 is 1.71 bits per heavy atom. The maximum Gasteiger partial charge on any atom is 0.325 e. The third-order valence-electron chi connectivity index (χ3n) is 4.43. The largest absolute Gasteiger partial charge is 0.497 e. The Bertz CT molecular complexity index is 864. The number of methoxy groups -OCH3 is 1. The molecule has 0 spiro atoms. The molecule has 2 aromatic carbocycles. The van der Waals surface area contributed by atoms with Gasteiger partial charge in [0.2, 0.25) is 0 Å². The summed E-state index contributed by atoms with van der Waals surface area (Å²) >= 11 is 0. The molecule has 1 saturated carbocycles. The molecule has 0 aliphatic heterocycles. The minimum atomic E-state index is -3.87. The first-order valence-electron chi connectivity index (χ1n) is 7.28. The summed E-state index contributed by atoms with van der Waals surface area (Å²) < 4.78 is 30.8. The van der Waals surface area contributed by atoms with Crippen LogP contribution in [0, 0.1) is 0 Å². The number of hydrogen-bond donors (Lipinski definition) is 2. The second-order valence-electron chi connectivity index (χ2n) is 5.77. The molecule has 2 aromatic rings. The van der Waals surface area contributed by atoms with Gasteiger partial charge >= 0.3 is 5.97 Å². The number of rotatable bonds is 5. The van der Waals surface area contributed by atoms with Gasteiger partial charge in [0.05, 0.1) is 12.0 Å². The standard InChI is InChI=1S/C17H17NO5S/c1-23-12-9-7-11(8-10-12)14-15(17(14,18)16(19)20)24(21,22)13-5-3-2-4-6-13/h2-10,14-15H,18H2,1H3,(H,19,20)/t14-,15+,17-/m1/s1. The van der Waals surface area contributed by atoms with Crippen molar-refractivity contribution in [2.24, 2.45) is 5.73 Å². The summed E-state index contributed by atoms with van der Waals surface area (Å²) in [5.74, 6) is -1.54. The molecule has 3 N–H and O–H groups in total. The number of carboxylic acids is 1. The molecule has 3 atom stereocenters. The Morgan fingerprint density at radius 3 is 2.21 bits per heavy atom. The fourth-order valence-corrected chi connectivity index (χ4v) is 5.34. The fourth-order valence-electron chi connectivity index (χ4n) is 3.08. The summed E-state index contributed by atoms with van der Waals surface area (Å²) in [6, 6.07) is 14.4. The lowest BCUT2D eigenvalue weighted by atomic mass is 10.1. The third-order valence-corrected chi connectivity index (χ3v) is 6.69. The van der Waals surface area contributed by atoms with E-state index in [4.69, 9.17) is 10.5 Å². The number of ether oxygens (including phenoxy) is 1. The molecule has 7 heteroatoms. The molecule has 1 aliphatic carbocycles. The van der Waals surface area contributed by atoms with Gasteiger partial charge in [-0.2, -0.15) is 0 Å². The molecule has 0 saturated heterocycles. The summed E-state index contributed by atoms with van der Waals surface area (Å²) in [6.07, 6.45) is 0. The van der Waals surface area contributed by atoms with Gasteiger partial charge in [-0.3, -0.25) is 4.79 Å². The van der Waals surface area contributed by atoms with Gasteiger partial charge in [-0.25, -0.2) is 8.42 Å². The zero-order chi connectivity index (χ0) is 17.5. The van der Waals surface area contributed by atoms with E-state index in [1.807, 2.05) is 0 Å². The highest BCUT2D eigenvalue weighted by Gasteiger charge is 2.74. The van der Waals surface area contributed by atoms with Crippen molar-refractivity contribution in [2.75, 3.05) is 7.11 Å². The van der Waals surface area contributed by atoms with Crippen LogP contribution in [0.1, 0.15) is 11.5 Å². The van der Waals surface area contributed by atoms with E-state index in [0.717, 1.165) is 0 Å². The lowest BCUT2D eigenvalue weighted by Crippen LogP contribution is -2.39. The summed E-state index contributed by atoms with van der Waals surface area (Å²) in [5.41, 5.74) is 4.71. The van der Waals surface area contributed by atoms with Crippen LogP contribution in [0.5, 0.6) is 5.75 Å². The Hall–Kier alpha value is -2.38. The van der Waals surface area contributed by atoms with Crippen molar-refractivity contribution in [2.45, 2.75) is 21.6 Å². The molecule has 6 nitrogen and oxygen atoms in total. The number of sulfone groups is 1. The van der Waals surface area contributed by atoms with Gasteiger partial charge in [-0.1, -0.05) is 30.3 Å². The summed E-state index contributed by atoms with van der Waals surface area (Å²) in [6.45, 7) is 0. The second-order valence-corrected chi connectivity index (χ2v) is 7.84. The second kappa shape index (κ2) is 5.61. The highest BCUT2D eigenvalue weighted by molar-refractivity contribution is 7.92. The molecular weight excluding hydrogens is 330 g/mol. The summed E-state index contributed by atoms with van der Waals surface area (Å²) in [4.78, 5) is 11.7. The quantitative estimate of drug-likeness (QED) is 0.847. The number of aliphatic carboxylic acids is 1. The summed E-state index contributed by atoms with van der Waals surface area (Å²) in [5, 5.41) is 8.30. The molecular formula is C17H17NO5S. The van der Waals surface area contributed by atoms with Crippen molar-refractivity contribution in [3.05, 3.63) is 60.2 Å². The molecule has 3 rings (SSSR count). The lowest BCUT2D eigenvalue weighted by Gasteiger charge is -2.06. The maximum absolute atomic E-state index is 12.9. The van der Waals surface area contributed by atoms with Crippen LogP contribution >= 0.6 is 0 Å². The van der Waals surface area contributed by atoms with Crippen molar-refractivity contribution >= 4 is 15.8 Å². The van der Waals surface area contributed by atoms with Gasteiger partial charge < -0.3 is 15.6 Å². The zero-order valence-corrected chi connectivity index (χ0v) is 13.7. The highest BCUT2D eigenvalue weighted by atomic mass is 32.2. The SMILES string of the molecule is COc1ccc([C@@H]2[C@H](S(=O)(=O)c3ccccc3)[C@@]2(N)C(=O)O)cc1. The van der Waals surface area contributed by atoms with E-state index in [9.17, 15) is 18.3 Å². The third kappa shape index (κ3) is 2.37. The predicted molar refractivity (Wildman–Crippen MR) is 87.7 cm³/mol. The monoisotopic (exact) mass is 347 g/mol. The Morgan fingerprint density at radius 1 is 1.12 bits per heavy atom. The van der Waals surface area contributed by atoms with E-state index < -0.39 is 32.5 Å². The molecule has 126 valence electrons. The van der Waals surface area contributed by atoms with E-state index in [-0.39, 0.29) is 4.90 Å². The number of hydrogen-bond acceptors (Lipinski definition) is 5. The minimum absolute atomic E-state index is 0.0714. The summed E-state index contributed by atoms with van der Waals surface area (Å²) in [7, 11) is -2.36. The molecule has 1 aliphatic rings. The molecule has 1 fully saturated rings. The van der Waals surface area contributed by atoms with Crippen molar-refractivity contribution in [3.8, 4) is 5.75 Å². The number of benzene rings is 2. The lowest BCUT2D eigenvalue weighted by molar-refractivity contribution is -0.139. The first-order valence-corrected chi connectivity index (χ1v) is 8.83. The van der Waals surface area contributed by atoms with Gasteiger partial charge in [0.15, 0.2) is 9.84 Å². The number of carboxylic acid groups (broad SMARTS) is 1. The van der Waals surface area contributed by atoms with Crippen LogP contribution in [0.2, 0.25) is 0 Å². The predicted octanol–water partition coefficient (Wildman–Crippen LogP) is 1.42. The normalized spacial score (nSPS) is 25.9. The van der Waals surface area contributed by atoms with Crippen LogP contribution in [0.3, 0.4) is 0 Å². The Balaban J connectivity index is 2.04. The highest BCUT2D eigenvalue weighted by Crippen LogP contribution is 2.55. The Labute approximate surface area is 139 Å². The number of carbonyl (C=O) groups is 1. The average Bonchev–Trinajstić information content (AvgIpc) is 3.24. The first kappa shape index (κ1) is 16.5. The molecule has 0 amide bonds. The number of nitrogens with two attached hydrogens (primary N) is 1. The van der Waals surface area contributed by atoms with E-state index in [1.165, 1.54) is 19.2 Å². The van der Waals surface area contributed by atoms with Crippen molar-refractivity contribution in [1.29, 1.82) is 0 Å². The van der Waals surface area contributed by atoms with Crippen LogP contribution in [-0.4, -0.2) is 37.4 Å². The fraction of sp³-hybridized carbons (Fsp3) is 0.235. The van der Waals surface area contributed by atoms with Gasteiger partial charge in [0, 0.05) is 5.92 Å². The van der Waals surface area contributed by atoms with Crippen LogP contribution in [-0.2, 0) is 14.6 Å². The van der Waals surface area contributed by atoms with Crippen LogP contribution in [0.25, 0.3) is 0 Å². The topological polar surface area (TPSA) is 107 Å². The van der Waals surface area contributed by atoms with Gasteiger partial charge in [-0.05, 0) is 29.8 Å². The van der Waals surface area contributed by atoms with E-state index in [2.05, 4.69) is 0 Å². The Kier molecular flexibility index (Phi) is 3.85. The van der Waals surface area contributed by atoms with Crippen molar-refractivity contribution < 1.29 is 23.1 Å². The maximum atomic E-state index is 12.9. The smallest absolute Gasteiger partial charge is 0.325 e. The van der Waals surface area contributed by atoms with E-state index in [1.54, 1.807) is 42.5 Å². The van der Waals surface area contributed by atoms with Gasteiger partial charge in [0.1, 0.15) is 16.5 Å². The van der Waals surface area contributed by atoms with E-state index >= 15 is 0 Å². The molecule has 0 aromatic heterocycles.